The standard InChI is InChI=1S/C14H17BrN2O3/c1-19-14(18)10-6-9(15)7-12-11(10)8-16-17(12)13-4-2-3-5-20-13/h6-8,13-14,18H,2-5H2,1H3. The molecule has 1 aromatic carbocycles. The third kappa shape index (κ3) is 2.48. The molecule has 1 saturated heterocycles. The molecule has 0 aliphatic carbocycles. The monoisotopic (exact) mass is 340 g/mol. The maximum atomic E-state index is 9.96. The highest BCUT2D eigenvalue weighted by Gasteiger charge is 2.21. The average molecular weight is 341 g/mol. The summed E-state index contributed by atoms with van der Waals surface area (Å²) in [6.07, 6.45) is 3.99. The highest BCUT2D eigenvalue weighted by Crippen LogP contribution is 2.32. The summed E-state index contributed by atoms with van der Waals surface area (Å²) in [5.41, 5.74) is 1.65. The number of ether oxygens (including phenoxy) is 2. The van der Waals surface area contributed by atoms with Crippen LogP contribution in [0.25, 0.3) is 10.9 Å². The number of halogens is 1. The van der Waals surface area contributed by atoms with Crippen molar-refractivity contribution in [2.24, 2.45) is 0 Å². The predicted octanol–water partition coefficient (Wildman–Crippen LogP) is 3.14. The highest BCUT2D eigenvalue weighted by atomic mass is 79.9. The molecule has 0 radical (unpaired) electrons. The molecule has 2 heterocycles. The van der Waals surface area contributed by atoms with Crippen molar-refractivity contribution in [3.05, 3.63) is 28.4 Å². The minimum Gasteiger partial charge on any atom is -0.364 e. The number of hydrogen-bond donors (Lipinski definition) is 1. The summed E-state index contributed by atoms with van der Waals surface area (Å²) < 4.78 is 13.6. The summed E-state index contributed by atoms with van der Waals surface area (Å²) in [5, 5.41) is 15.3. The lowest BCUT2D eigenvalue weighted by molar-refractivity contribution is -0.0759. The number of methoxy groups -OCH3 is 1. The van der Waals surface area contributed by atoms with Crippen LogP contribution in [0.5, 0.6) is 0 Å². The van der Waals surface area contributed by atoms with E-state index in [1.165, 1.54) is 7.11 Å². The van der Waals surface area contributed by atoms with Gasteiger partial charge in [-0.05, 0) is 31.4 Å². The number of benzene rings is 1. The van der Waals surface area contributed by atoms with E-state index in [9.17, 15) is 5.11 Å². The van der Waals surface area contributed by atoms with Crippen molar-refractivity contribution in [3.63, 3.8) is 0 Å². The first-order valence-electron chi connectivity index (χ1n) is 6.70. The van der Waals surface area contributed by atoms with E-state index >= 15 is 0 Å². The molecular weight excluding hydrogens is 324 g/mol. The van der Waals surface area contributed by atoms with Crippen molar-refractivity contribution in [3.8, 4) is 0 Å². The van der Waals surface area contributed by atoms with E-state index in [0.717, 1.165) is 41.2 Å². The Kier molecular flexibility index (Phi) is 4.07. The predicted molar refractivity (Wildman–Crippen MR) is 78.2 cm³/mol. The maximum Gasteiger partial charge on any atom is 0.181 e. The molecule has 1 aliphatic heterocycles. The van der Waals surface area contributed by atoms with E-state index < -0.39 is 6.29 Å². The Morgan fingerprint density at radius 1 is 1.50 bits per heavy atom. The molecule has 0 spiro atoms. The fourth-order valence-electron chi connectivity index (χ4n) is 2.61. The fourth-order valence-corrected chi connectivity index (χ4v) is 3.08. The molecule has 5 nitrogen and oxygen atoms in total. The van der Waals surface area contributed by atoms with Crippen LogP contribution in [0.3, 0.4) is 0 Å². The van der Waals surface area contributed by atoms with Crippen LogP contribution in [0, 0.1) is 0 Å². The van der Waals surface area contributed by atoms with Gasteiger partial charge >= 0.3 is 0 Å². The average Bonchev–Trinajstić information content (AvgIpc) is 2.90. The van der Waals surface area contributed by atoms with Gasteiger partial charge in [0.2, 0.25) is 0 Å². The lowest BCUT2D eigenvalue weighted by atomic mass is 10.1. The summed E-state index contributed by atoms with van der Waals surface area (Å²) >= 11 is 3.48. The van der Waals surface area contributed by atoms with Gasteiger partial charge in [0, 0.05) is 29.1 Å². The highest BCUT2D eigenvalue weighted by molar-refractivity contribution is 9.10. The fraction of sp³-hybridized carbons (Fsp3) is 0.500. The molecule has 2 unspecified atom stereocenters. The molecule has 1 aliphatic rings. The largest absolute Gasteiger partial charge is 0.364 e. The van der Waals surface area contributed by atoms with E-state index in [-0.39, 0.29) is 6.23 Å². The van der Waals surface area contributed by atoms with E-state index in [4.69, 9.17) is 9.47 Å². The van der Waals surface area contributed by atoms with Crippen LogP contribution < -0.4 is 0 Å². The molecule has 20 heavy (non-hydrogen) atoms. The van der Waals surface area contributed by atoms with Crippen molar-refractivity contribution >= 4 is 26.8 Å². The lowest BCUT2D eigenvalue weighted by Crippen LogP contribution is -2.19. The van der Waals surface area contributed by atoms with Gasteiger partial charge < -0.3 is 14.6 Å². The normalized spacial score (nSPS) is 21.2. The van der Waals surface area contributed by atoms with Crippen molar-refractivity contribution in [1.29, 1.82) is 0 Å². The second-order valence-corrected chi connectivity index (χ2v) is 5.84. The van der Waals surface area contributed by atoms with Crippen LogP contribution in [-0.4, -0.2) is 28.6 Å². The molecule has 0 amide bonds. The van der Waals surface area contributed by atoms with E-state index in [1.807, 2.05) is 16.8 Å². The Labute approximate surface area is 125 Å². The zero-order valence-corrected chi connectivity index (χ0v) is 12.8. The number of rotatable bonds is 3. The lowest BCUT2D eigenvalue weighted by Gasteiger charge is -2.23. The number of aromatic nitrogens is 2. The number of aliphatic hydroxyl groups excluding tert-OH is 1. The third-order valence-electron chi connectivity index (χ3n) is 3.63. The second-order valence-electron chi connectivity index (χ2n) is 4.93. The van der Waals surface area contributed by atoms with E-state index in [2.05, 4.69) is 21.0 Å². The molecule has 2 aromatic rings. The van der Waals surface area contributed by atoms with Crippen LogP contribution in [0.4, 0.5) is 0 Å². The van der Waals surface area contributed by atoms with Crippen LogP contribution in [-0.2, 0) is 9.47 Å². The van der Waals surface area contributed by atoms with E-state index in [1.54, 1.807) is 6.20 Å². The molecular formula is C14H17BrN2O3. The van der Waals surface area contributed by atoms with Gasteiger partial charge in [0.1, 0.15) is 0 Å². The van der Waals surface area contributed by atoms with Gasteiger partial charge in [-0.15, -0.1) is 0 Å². The van der Waals surface area contributed by atoms with Crippen molar-refractivity contribution < 1.29 is 14.6 Å². The van der Waals surface area contributed by atoms with Gasteiger partial charge in [-0.25, -0.2) is 4.68 Å². The van der Waals surface area contributed by atoms with Crippen LogP contribution in [0.15, 0.2) is 22.8 Å². The van der Waals surface area contributed by atoms with Crippen LogP contribution in [0.1, 0.15) is 37.3 Å². The minimum absolute atomic E-state index is 0.0249. The minimum atomic E-state index is -0.958. The zero-order valence-electron chi connectivity index (χ0n) is 11.3. The smallest absolute Gasteiger partial charge is 0.181 e. The first-order valence-corrected chi connectivity index (χ1v) is 7.49. The maximum absolute atomic E-state index is 9.96. The zero-order chi connectivity index (χ0) is 14.1. The summed E-state index contributed by atoms with van der Waals surface area (Å²) in [5.74, 6) is 0. The van der Waals surface area contributed by atoms with Gasteiger partial charge in [-0.1, -0.05) is 15.9 Å². The van der Waals surface area contributed by atoms with Gasteiger partial charge in [0.25, 0.3) is 0 Å². The summed E-state index contributed by atoms with van der Waals surface area (Å²) in [4.78, 5) is 0. The molecule has 6 heteroatoms. The third-order valence-corrected chi connectivity index (χ3v) is 4.09. The second kappa shape index (κ2) is 5.81. The SMILES string of the molecule is COC(O)c1cc(Br)cc2c1cnn2C1CCCCO1. The number of nitrogens with zero attached hydrogens (tertiary/aromatic N) is 2. The van der Waals surface area contributed by atoms with E-state index in [0.29, 0.717) is 5.56 Å². The number of hydrogen-bond acceptors (Lipinski definition) is 4. The molecule has 3 rings (SSSR count). The van der Waals surface area contributed by atoms with Gasteiger partial charge in [0.15, 0.2) is 12.5 Å². The molecule has 108 valence electrons. The van der Waals surface area contributed by atoms with Crippen molar-refractivity contribution in [2.45, 2.75) is 31.8 Å². The summed E-state index contributed by atoms with van der Waals surface area (Å²) in [6.45, 7) is 0.771. The van der Waals surface area contributed by atoms with Crippen molar-refractivity contribution in [1.82, 2.24) is 9.78 Å². The molecule has 2 atom stereocenters. The first-order chi connectivity index (χ1) is 9.70. The Morgan fingerprint density at radius 2 is 2.35 bits per heavy atom. The first kappa shape index (κ1) is 14.0. The Morgan fingerprint density at radius 3 is 3.05 bits per heavy atom. The van der Waals surface area contributed by atoms with Gasteiger partial charge in [-0.3, -0.25) is 0 Å². The Balaban J connectivity index is 2.09. The molecule has 0 saturated carbocycles. The number of aliphatic hydroxyl groups is 1. The Bertz CT molecular complexity index is 608. The van der Waals surface area contributed by atoms with Crippen LogP contribution in [0.2, 0.25) is 0 Å². The molecule has 1 aromatic heterocycles. The van der Waals surface area contributed by atoms with Crippen molar-refractivity contribution in [2.75, 3.05) is 13.7 Å². The molecule has 1 N–H and O–H groups in total. The topological polar surface area (TPSA) is 56.5 Å². The van der Waals surface area contributed by atoms with Gasteiger partial charge in [0.05, 0.1) is 11.7 Å². The van der Waals surface area contributed by atoms with Crippen LogP contribution >= 0.6 is 15.9 Å². The summed E-state index contributed by atoms with van der Waals surface area (Å²) in [6, 6.07) is 3.84. The molecule has 0 bridgehead atoms. The Hall–Kier alpha value is -0.950. The van der Waals surface area contributed by atoms with Gasteiger partial charge in [-0.2, -0.15) is 5.10 Å². The quantitative estimate of drug-likeness (QED) is 0.872. The molecule has 1 fully saturated rings. The summed E-state index contributed by atoms with van der Waals surface area (Å²) in [7, 11) is 1.48. The number of fused-ring (bicyclic) bond motifs is 1.